The highest BCUT2D eigenvalue weighted by Gasteiger charge is 2.05. The number of aromatic amines is 1. The van der Waals surface area contributed by atoms with Gasteiger partial charge in [-0.15, -0.1) is 0 Å². The molecule has 0 aliphatic carbocycles. The molecule has 19 heavy (non-hydrogen) atoms. The molecular weight excluding hydrogens is 248 g/mol. The van der Waals surface area contributed by atoms with E-state index in [4.69, 9.17) is 5.73 Å². The summed E-state index contributed by atoms with van der Waals surface area (Å²) in [6.45, 7) is -0.181. The molecule has 0 atom stereocenters. The lowest BCUT2D eigenvalue weighted by molar-refractivity contribution is -0.116. The summed E-state index contributed by atoms with van der Waals surface area (Å²) >= 11 is 0. The maximum Gasteiger partial charge on any atom is 0.328 e. The molecule has 0 bridgehead atoms. The number of nitrogens with two attached hydrogens (primary N) is 1. The van der Waals surface area contributed by atoms with E-state index in [0.29, 0.717) is 11.4 Å². The van der Waals surface area contributed by atoms with Gasteiger partial charge in [-0.05, 0) is 24.3 Å². The van der Waals surface area contributed by atoms with Gasteiger partial charge < -0.3 is 11.1 Å². The van der Waals surface area contributed by atoms with E-state index in [1.54, 1.807) is 24.3 Å². The quantitative estimate of drug-likeness (QED) is 0.661. The van der Waals surface area contributed by atoms with Crippen LogP contribution in [0.2, 0.25) is 0 Å². The molecule has 0 aliphatic heterocycles. The third kappa shape index (κ3) is 3.32. The number of amides is 1. The predicted octanol–water partition coefficient (Wildman–Crippen LogP) is -0.242. The average Bonchev–Trinajstić information content (AvgIpc) is 2.36. The molecule has 1 aromatic heterocycles. The molecule has 2 aromatic rings. The largest absolute Gasteiger partial charge is 0.399 e. The van der Waals surface area contributed by atoms with Crippen molar-refractivity contribution in [1.82, 2.24) is 9.55 Å². The zero-order valence-corrected chi connectivity index (χ0v) is 9.92. The lowest BCUT2D eigenvalue weighted by atomic mass is 10.3. The Labute approximate surface area is 107 Å². The summed E-state index contributed by atoms with van der Waals surface area (Å²) in [7, 11) is 0. The maximum atomic E-state index is 11.7. The molecule has 1 heterocycles. The van der Waals surface area contributed by atoms with Gasteiger partial charge in [0.15, 0.2) is 0 Å². The third-order valence-electron chi connectivity index (χ3n) is 2.41. The minimum absolute atomic E-state index is 0.181. The van der Waals surface area contributed by atoms with Crippen LogP contribution in [-0.2, 0) is 11.3 Å². The number of aromatic nitrogens is 2. The van der Waals surface area contributed by atoms with Gasteiger partial charge in [0.1, 0.15) is 6.54 Å². The summed E-state index contributed by atoms with van der Waals surface area (Å²) in [5.74, 6) is -0.376. The van der Waals surface area contributed by atoms with Crippen molar-refractivity contribution in [3.05, 3.63) is 57.4 Å². The van der Waals surface area contributed by atoms with Crippen LogP contribution >= 0.6 is 0 Å². The van der Waals surface area contributed by atoms with Gasteiger partial charge in [-0.25, -0.2) is 4.79 Å². The van der Waals surface area contributed by atoms with E-state index in [0.717, 1.165) is 4.57 Å². The molecule has 0 spiro atoms. The molecule has 7 nitrogen and oxygen atoms in total. The molecule has 1 amide bonds. The number of hydrogen-bond donors (Lipinski definition) is 3. The molecule has 0 unspecified atom stereocenters. The maximum absolute atomic E-state index is 11.7. The lowest BCUT2D eigenvalue weighted by Crippen LogP contribution is -2.32. The highest BCUT2D eigenvalue weighted by molar-refractivity contribution is 5.90. The smallest absolute Gasteiger partial charge is 0.328 e. The first-order chi connectivity index (χ1) is 9.04. The summed E-state index contributed by atoms with van der Waals surface area (Å²) < 4.78 is 1.11. The Morgan fingerprint density at radius 3 is 2.53 bits per heavy atom. The van der Waals surface area contributed by atoms with Gasteiger partial charge in [-0.1, -0.05) is 0 Å². The van der Waals surface area contributed by atoms with E-state index in [1.807, 2.05) is 0 Å². The van der Waals surface area contributed by atoms with E-state index in [9.17, 15) is 14.4 Å². The van der Waals surface area contributed by atoms with Crippen LogP contribution in [0, 0.1) is 0 Å². The van der Waals surface area contributed by atoms with Gasteiger partial charge in [-0.2, -0.15) is 0 Å². The number of benzene rings is 1. The number of nitrogens with zero attached hydrogens (tertiary/aromatic N) is 1. The molecule has 0 saturated heterocycles. The summed E-state index contributed by atoms with van der Waals surface area (Å²) in [4.78, 5) is 36.0. The van der Waals surface area contributed by atoms with Crippen molar-refractivity contribution in [2.45, 2.75) is 6.54 Å². The highest BCUT2D eigenvalue weighted by atomic mass is 16.2. The Morgan fingerprint density at radius 2 is 1.89 bits per heavy atom. The molecule has 4 N–H and O–H groups in total. The number of nitrogen functional groups attached to an aromatic ring is 1. The van der Waals surface area contributed by atoms with Crippen molar-refractivity contribution in [2.75, 3.05) is 11.1 Å². The number of H-pyrrole nitrogens is 1. The Bertz CT molecular complexity index is 700. The second-order valence-corrected chi connectivity index (χ2v) is 3.91. The van der Waals surface area contributed by atoms with Crippen molar-refractivity contribution in [1.29, 1.82) is 0 Å². The van der Waals surface area contributed by atoms with E-state index in [2.05, 4.69) is 10.3 Å². The van der Waals surface area contributed by atoms with Crippen LogP contribution in [0.1, 0.15) is 0 Å². The summed E-state index contributed by atoms with van der Waals surface area (Å²) in [5.41, 5.74) is 5.57. The van der Waals surface area contributed by atoms with Crippen LogP contribution in [0.5, 0.6) is 0 Å². The Morgan fingerprint density at radius 1 is 1.21 bits per heavy atom. The SMILES string of the molecule is Nc1ccc(NC(=O)Cn2ccc(=O)[nH]c2=O)cc1. The topological polar surface area (TPSA) is 110 Å². The van der Waals surface area contributed by atoms with Gasteiger partial charge in [0.05, 0.1) is 0 Å². The molecule has 0 aliphatic rings. The van der Waals surface area contributed by atoms with Crippen LogP contribution in [0.15, 0.2) is 46.1 Å². The van der Waals surface area contributed by atoms with E-state index in [-0.39, 0.29) is 12.5 Å². The van der Waals surface area contributed by atoms with Crippen LogP contribution in [0.25, 0.3) is 0 Å². The van der Waals surface area contributed by atoms with Crippen LogP contribution in [-0.4, -0.2) is 15.5 Å². The lowest BCUT2D eigenvalue weighted by Gasteiger charge is -2.06. The fourth-order valence-corrected chi connectivity index (χ4v) is 1.49. The standard InChI is InChI=1S/C12H12N4O3/c13-8-1-3-9(4-2-8)14-11(18)7-16-6-5-10(17)15-12(16)19/h1-6H,7,13H2,(H,14,18)(H,15,17,19). The number of carbonyl (C=O) groups is 1. The van der Waals surface area contributed by atoms with Gasteiger partial charge in [0, 0.05) is 23.6 Å². The second kappa shape index (κ2) is 5.21. The number of nitrogens with one attached hydrogen (secondary N) is 2. The van der Waals surface area contributed by atoms with Gasteiger partial charge in [0.25, 0.3) is 5.56 Å². The fraction of sp³-hybridized carbons (Fsp3) is 0.0833. The summed E-state index contributed by atoms with van der Waals surface area (Å²) in [6, 6.07) is 7.80. The minimum Gasteiger partial charge on any atom is -0.399 e. The van der Waals surface area contributed by atoms with Crippen molar-refractivity contribution in [3.63, 3.8) is 0 Å². The van der Waals surface area contributed by atoms with Crippen molar-refractivity contribution < 1.29 is 4.79 Å². The van der Waals surface area contributed by atoms with E-state index >= 15 is 0 Å². The Kier molecular flexibility index (Phi) is 3.46. The first kappa shape index (κ1) is 12.6. The van der Waals surface area contributed by atoms with Crippen molar-refractivity contribution in [2.24, 2.45) is 0 Å². The monoisotopic (exact) mass is 260 g/mol. The fourth-order valence-electron chi connectivity index (χ4n) is 1.49. The number of carbonyl (C=O) groups excluding carboxylic acids is 1. The first-order valence-electron chi connectivity index (χ1n) is 5.50. The molecule has 0 fully saturated rings. The summed E-state index contributed by atoms with van der Waals surface area (Å²) in [5, 5.41) is 2.61. The molecule has 0 radical (unpaired) electrons. The molecule has 98 valence electrons. The first-order valence-corrected chi connectivity index (χ1v) is 5.50. The van der Waals surface area contributed by atoms with Crippen molar-refractivity contribution >= 4 is 17.3 Å². The Balaban J connectivity index is 2.07. The van der Waals surface area contributed by atoms with Crippen LogP contribution in [0.4, 0.5) is 11.4 Å². The number of hydrogen-bond acceptors (Lipinski definition) is 4. The highest BCUT2D eigenvalue weighted by Crippen LogP contribution is 2.10. The van der Waals surface area contributed by atoms with Gasteiger partial charge in [0.2, 0.25) is 5.91 Å². The zero-order chi connectivity index (χ0) is 13.8. The predicted molar refractivity (Wildman–Crippen MR) is 70.8 cm³/mol. The molecule has 7 heteroatoms. The minimum atomic E-state index is -0.625. The average molecular weight is 260 g/mol. The molecule has 2 rings (SSSR count). The number of anilines is 2. The number of rotatable bonds is 3. The van der Waals surface area contributed by atoms with E-state index < -0.39 is 11.2 Å². The zero-order valence-electron chi connectivity index (χ0n) is 9.92. The Hall–Kier alpha value is -2.83. The van der Waals surface area contributed by atoms with E-state index in [1.165, 1.54) is 12.3 Å². The molecular formula is C12H12N4O3. The van der Waals surface area contributed by atoms with Crippen LogP contribution < -0.4 is 22.3 Å². The van der Waals surface area contributed by atoms with Crippen molar-refractivity contribution in [3.8, 4) is 0 Å². The third-order valence-corrected chi connectivity index (χ3v) is 2.41. The normalized spacial score (nSPS) is 10.1. The second-order valence-electron chi connectivity index (χ2n) is 3.91. The van der Waals surface area contributed by atoms with Gasteiger partial charge in [-0.3, -0.25) is 19.1 Å². The van der Waals surface area contributed by atoms with Crippen LogP contribution in [0.3, 0.4) is 0 Å². The molecule has 0 saturated carbocycles. The van der Waals surface area contributed by atoms with Gasteiger partial charge >= 0.3 is 5.69 Å². The molecule has 1 aromatic carbocycles. The summed E-state index contributed by atoms with van der Waals surface area (Å²) in [6.07, 6.45) is 1.27.